The molecule has 2 unspecified atom stereocenters. The van der Waals surface area contributed by atoms with E-state index in [9.17, 15) is 8.78 Å². The third kappa shape index (κ3) is 3.99. The fourth-order valence-corrected chi connectivity index (χ4v) is 6.76. The number of thioether (sulfide) groups is 1. The zero-order chi connectivity index (χ0) is 22.1. The zero-order valence-electron chi connectivity index (χ0n) is 18.2. The molecule has 0 bridgehead atoms. The first-order chi connectivity index (χ1) is 15.6. The highest BCUT2D eigenvalue weighted by Gasteiger charge is 2.49. The van der Waals surface area contributed by atoms with Gasteiger partial charge in [0.2, 0.25) is 0 Å². The number of aryl methyl sites for hydroxylation is 1. The second kappa shape index (κ2) is 8.99. The van der Waals surface area contributed by atoms with Crippen LogP contribution in [0.25, 0.3) is 0 Å². The molecular formula is C26H29F2N3S. The molecule has 3 aliphatic rings. The van der Waals surface area contributed by atoms with Crippen molar-refractivity contribution in [1.29, 1.82) is 0 Å². The van der Waals surface area contributed by atoms with Crippen LogP contribution in [0.5, 0.6) is 0 Å². The molecule has 1 aliphatic carbocycles. The number of rotatable bonds is 5. The highest BCUT2D eigenvalue weighted by Crippen LogP contribution is 2.55. The molecule has 0 radical (unpaired) electrons. The first kappa shape index (κ1) is 21.7. The predicted molar refractivity (Wildman–Crippen MR) is 127 cm³/mol. The summed E-state index contributed by atoms with van der Waals surface area (Å²) in [6, 6.07) is 12.0. The van der Waals surface area contributed by atoms with Crippen molar-refractivity contribution in [3.05, 3.63) is 83.1 Å². The summed E-state index contributed by atoms with van der Waals surface area (Å²) in [5.74, 6) is -0.253. The van der Waals surface area contributed by atoms with Crippen LogP contribution in [0.2, 0.25) is 0 Å². The van der Waals surface area contributed by atoms with E-state index in [0.717, 1.165) is 57.0 Å². The molecule has 6 heteroatoms. The number of hydrazone groups is 1. The van der Waals surface area contributed by atoms with Gasteiger partial charge in [0.05, 0.1) is 0 Å². The summed E-state index contributed by atoms with van der Waals surface area (Å²) in [4.78, 5) is -0.454. The minimum Gasteiger partial charge on any atom is -0.316 e. The maximum atomic E-state index is 14.7. The van der Waals surface area contributed by atoms with Gasteiger partial charge in [-0.1, -0.05) is 42.6 Å². The number of fused-ring (bicyclic) bond motifs is 2. The fraction of sp³-hybridized carbons (Fsp3) is 0.423. The van der Waals surface area contributed by atoms with Crippen LogP contribution in [0.1, 0.15) is 55.2 Å². The van der Waals surface area contributed by atoms with Gasteiger partial charge in [-0.2, -0.15) is 5.10 Å². The molecule has 1 fully saturated rings. The van der Waals surface area contributed by atoms with Crippen molar-refractivity contribution in [2.24, 2.45) is 11.0 Å². The van der Waals surface area contributed by atoms with E-state index >= 15 is 0 Å². The molecule has 0 aromatic heterocycles. The van der Waals surface area contributed by atoms with E-state index < -0.39 is 16.5 Å². The van der Waals surface area contributed by atoms with Gasteiger partial charge in [-0.15, -0.1) is 0 Å². The molecule has 32 heavy (non-hydrogen) atoms. The molecule has 3 nitrogen and oxygen atoms in total. The molecule has 2 aromatic rings. The van der Waals surface area contributed by atoms with Crippen molar-refractivity contribution in [2.45, 2.75) is 49.8 Å². The highest BCUT2D eigenvalue weighted by atomic mass is 32.2. The van der Waals surface area contributed by atoms with Crippen molar-refractivity contribution in [1.82, 2.24) is 10.3 Å². The summed E-state index contributed by atoms with van der Waals surface area (Å²) in [5.41, 5.74) is 3.69. The lowest BCUT2D eigenvalue weighted by atomic mass is 9.86. The average molecular weight is 454 g/mol. The summed E-state index contributed by atoms with van der Waals surface area (Å²) >= 11 is 1.55. The lowest BCUT2D eigenvalue weighted by Crippen LogP contribution is -2.39. The summed E-state index contributed by atoms with van der Waals surface area (Å²) in [5, 5.41) is 10.9. The highest BCUT2D eigenvalue weighted by molar-refractivity contribution is 8.15. The Hall–Kier alpha value is -2.18. The van der Waals surface area contributed by atoms with Gasteiger partial charge in [-0.3, -0.25) is 0 Å². The Morgan fingerprint density at radius 3 is 2.94 bits per heavy atom. The number of hydrogen-bond acceptors (Lipinski definition) is 4. The molecular weight excluding hydrogens is 424 g/mol. The van der Waals surface area contributed by atoms with Gasteiger partial charge in [0.15, 0.2) is 0 Å². The molecule has 0 saturated carbocycles. The standard InChI is InChI=1S/C26H29F2N3S/c1-18(10-11-19-6-5-15-29-17-19)31-26(14-4-8-20-7-2-3-9-23(20)26)32-25(30-31)22-16-21(27)12-13-24(22)28/h2-3,7,9,12-13,16,19,29H,1,4-6,8,10-11,14-15,17H2. The topological polar surface area (TPSA) is 27.6 Å². The summed E-state index contributed by atoms with van der Waals surface area (Å²) in [6.45, 7) is 6.59. The Balaban J connectivity index is 1.50. The second-order valence-corrected chi connectivity index (χ2v) is 10.3. The van der Waals surface area contributed by atoms with Crippen molar-refractivity contribution >= 4 is 16.8 Å². The van der Waals surface area contributed by atoms with Gasteiger partial charge in [0, 0.05) is 11.3 Å². The van der Waals surface area contributed by atoms with Crippen LogP contribution in [0.4, 0.5) is 8.78 Å². The molecule has 2 heterocycles. The van der Waals surface area contributed by atoms with Gasteiger partial charge in [-0.25, -0.2) is 13.8 Å². The normalized spacial score (nSPS) is 25.0. The van der Waals surface area contributed by atoms with E-state index in [0.29, 0.717) is 11.0 Å². The Labute approximate surface area is 193 Å². The molecule has 1 spiro atoms. The van der Waals surface area contributed by atoms with Crippen LogP contribution in [0, 0.1) is 17.6 Å². The SMILES string of the molecule is C=C(CCC1CCCNC1)N1N=C(c2cc(F)ccc2F)SC12CCCc1ccccc12. The van der Waals surface area contributed by atoms with Crippen molar-refractivity contribution in [2.75, 3.05) is 13.1 Å². The Morgan fingerprint density at radius 1 is 1.22 bits per heavy atom. The van der Waals surface area contributed by atoms with Crippen LogP contribution in [0.3, 0.4) is 0 Å². The van der Waals surface area contributed by atoms with Crippen LogP contribution in [-0.4, -0.2) is 23.1 Å². The van der Waals surface area contributed by atoms with Crippen LogP contribution >= 0.6 is 11.8 Å². The Bertz CT molecular complexity index is 1050. The van der Waals surface area contributed by atoms with Crippen molar-refractivity contribution in [3.8, 4) is 0 Å². The molecule has 168 valence electrons. The van der Waals surface area contributed by atoms with E-state index in [1.54, 1.807) is 11.8 Å². The number of nitrogens with one attached hydrogen (secondary N) is 1. The molecule has 2 aliphatic heterocycles. The third-order valence-corrected chi connectivity index (χ3v) is 8.33. The molecule has 5 rings (SSSR count). The summed E-state index contributed by atoms with van der Waals surface area (Å²) in [6.07, 6.45) is 7.30. The zero-order valence-corrected chi connectivity index (χ0v) is 19.1. The first-order valence-corrected chi connectivity index (χ1v) is 12.4. The quantitative estimate of drug-likeness (QED) is 0.588. The number of benzene rings is 2. The van der Waals surface area contributed by atoms with E-state index in [1.807, 2.05) is 5.01 Å². The third-order valence-electron chi connectivity index (χ3n) is 6.90. The molecule has 2 atom stereocenters. The van der Waals surface area contributed by atoms with Crippen LogP contribution < -0.4 is 5.32 Å². The number of halogens is 2. The Kier molecular flexibility index (Phi) is 6.08. The first-order valence-electron chi connectivity index (χ1n) is 11.6. The Morgan fingerprint density at radius 2 is 2.09 bits per heavy atom. The van der Waals surface area contributed by atoms with Gasteiger partial charge in [0.25, 0.3) is 0 Å². The monoisotopic (exact) mass is 453 g/mol. The largest absolute Gasteiger partial charge is 0.316 e. The molecule has 1 N–H and O–H groups in total. The van der Waals surface area contributed by atoms with Gasteiger partial charge in [0.1, 0.15) is 21.5 Å². The van der Waals surface area contributed by atoms with Crippen LogP contribution in [0.15, 0.2) is 59.8 Å². The minimum atomic E-state index is -0.454. The maximum absolute atomic E-state index is 14.7. The lowest BCUT2D eigenvalue weighted by Gasteiger charge is -2.42. The summed E-state index contributed by atoms with van der Waals surface area (Å²) < 4.78 is 28.7. The van der Waals surface area contributed by atoms with Crippen LogP contribution in [-0.2, 0) is 11.3 Å². The molecule has 2 aromatic carbocycles. The fourth-order valence-electron chi connectivity index (χ4n) is 5.24. The van der Waals surface area contributed by atoms with E-state index in [2.05, 4.69) is 36.2 Å². The van der Waals surface area contributed by atoms with Gasteiger partial charge in [-0.05, 0) is 93.3 Å². The molecule has 1 saturated heterocycles. The summed E-state index contributed by atoms with van der Waals surface area (Å²) in [7, 11) is 0. The number of nitrogens with zero attached hydrogens (tertiary/aromatic N) is 2. The average Bonchev–Trinajstić information content (AvgIpc) is 3.20. The van der Waals surface area contributed by atoms with Gasteiger partial charge < -0.3 is 5.32 Å². The number of piperidine rings is 1. The van der Waals surface area contributed by atoms with E-state index in [4.69, 9.17) is 5.10 Å². The number of allylic oxidation sites excluding steroid dienone is 1. The second-order valence-electron chi connectivity index (χ2n) is 9.06. The smallest absolute Gasteiger partial charge is 0.139 e. The number of hydrogen-bond donors (Lipinski definition) is 1. The maximum Gasteiger partial charge on any atom is 0.139 e. The predicted octanol–water partition coefficient (Wildman–Crippen LogP) is 6.16. The minimum absolute atomic E-state index is 0.226. The van der Waals surface area contributed by atoms with Gasteiger partial charge >= 0.3 is 0 Å². The van der Waals surface area contributed by atoms with E-state index in [-0.39, 0.29) is 5.56 Å². The molecule has 0 amide bonds. The lowest BCUT2D eigenvalue weighted by molar-refractivity contribution is 0.202. The van der Waals surface area contributed by atoms with Crippen molar-refractivity contribution in [3.63, 3.8) is 0 Å². The van der Waals surface area contributed by atoms with E-state index in [1.165, 1.54) is 36.1 Å². The van der Waals surface area contributed by atoms with Crippen molar-refractivity contribution < 1.29 is 8.78 Å².